The molecule has 0 amide bonds. The lowest BCUT2D eigenvalue weighted by Gasteiger charge is -2.17. The second-order valence-electron chi connectivity index (χ2n) is 5.70. The van der Waals surface area contributed by atoms with Gasteiger partial charge in [0.25, 0.3) is 5.56 Å². The molecule has 1 N–H and O–H groups in total. The molecule has 0 atom stereocenters. The molecule has 0 fully saturated rings. The molecule has 0 aliphatic carbocycles. The predicted octanol–water partition coefficient (Wildman–Crippen LogP) is 3.22. The normalized spacial score (nSPS) is 11.2. The summed E-state index contributed by atoms with van der Waals surface area (Å²) in [6.45, 7) is 1.12. The van der Waals surface area contributed by atoms with E-state index in [4.69, 9.17) is 16.3 Å². The van der Waals surface area contributed by atoms with Crippen molar-refractivity contribution in [3.05, 3.63) is 69.2 Å². The van der Waals surface area contributed by atoms with Gasteiger partial charge in [0.1, 0.15) is 10.9 Å². The number of aromatic amines is 1. The average Bonchev–Trinajstić information content (AvgIpc) is 2.57. The molecule has 0 aliphatic rings. The largest absolute Gasteiger partial charge is 0.497 e. The van der Waals surface area contributed by atoms with Gasteiger partial charge in [-0.25, -0.2) is 4.98 Å². The molecule has 5 nitrogen and oxygen atoms in total. The number of benzene rings is 1. The van der Waals surface area contributed by atoms with Crippen LogP contribution in [0.5, 0.6) is 5.75 Å². The van der Waals surface area contributed by atoms with Gasteiger partial charge in [-0.1, -0.05) is 17.7 Å². The number of H-pyrrole nitrogens is 1. The lowest BCUT2D eigenvalue weighted by atomic mass is 10.1. The molecular weight excluding hydrogens is 326 g/mol. The first-order valence-electron chi connectivity index (χ1n) is 7.54. The van der Waals surface area contributed by atoms with Gasteiger partial charge < -0.3 is 9.72 Å². The molecule has 24 heavy (non-hydrogen) atoms. The molecule has 0 saturated carbocycles. The molecule has 3 aromatic rings. The van der Waals surface area contributed by atoms with E-state index in [0.717, 1.165) is 22.2 Å². The number of pyridine rings is 2. The van der Waals surface area contributed by atoms with Gasteiger partial charge in [0.15, 0.2) is 0 Å². The molecular formula is C18H18ClN3O2. The number of rotatable bonds is 5. The topological polar surface area (TPSA) is 58.2 Å². The number of ether oxygens (including phenoxy) is 1. The summed E-state index contributed by atoms with van der Waals surface area (Å²) < 4.78 is 5.24. The van der Waals surface area contributed by atoms with Crippen LogP contribution in [-0.2, 0) is 13.1 Å². The summed E-state index contributed by atoms with van der Waals surface area (Å²) in [6.07, 6.45) is 1.66. The summed E-state index contributed by atoms with van der Waals surface area (Å²) in [6, 6.07) is 11.3. The van der Waals surface area contributed by atoms with E-state index in [0.29, 0.717) is 23.8 Å². The van der Waals surface area contributed by atoms with Crippen molar-refractivity contribution in [3.8, 4) is 5.75 Å². The maximum absolute atomic E-state index is 12.3. The van der Waals surface area contributed by atoms with Crippen LogP contribution < -0.4 is 10.3 Å². The zero-order valence-electron chi connectivity index (χ0n) is 13.5. The molecule has 2 aromatic heterocycles. The van der Waals surface area contributed by atoms with Gasteiger partial charge >= 0.3 is 0 Å². The molecule has 0 radical (unpaired) electrons. The van der Waals surface area contributed by atoms with Crippen molar-refractivity contribution >= 4 is 22.5 Å². The van der Waals surface area contributed by atoms with Crippen LogP contribution in [0.25, 0.3) is 10.9 Å². The summed E-state index contributed by atoms with van der Waals surface area (Å²) in [4.78, 5) is 21.3. The lowest BCUT2D eigenvalue weighted by molar-refractivity contribution is 0.317. The Morgan fingerprint density at radius 1 is 1.21 bits per heavy atom. The van der Waals surface area contributed by atoms with Crippen molar-refractivity contribution in [1.29, 1.82) is 0 Å². The SMILES string of the molecule is COc1ccc2[nH]c(=O)c(CN(C)Cc3cccnc3Cl)cc2c1. The van der Waals surface area contributed by atoms with E-state index < -0.39 is 0 Å². The standard InChI is InChI=1S/C18H18ClN3O2/c1-22(10-12-4-3-7-20-17(12)19)11-14-8-13-9-15(24-2)5-6-16(13)21-18(14)23/h3-9H,10-11H2,1-2H3,(H,21,23). The van der Waals surface area contributed by atoms with Crippen molar-refractivity contribution < 1.29 is 4.74 Å². The van der Waals surface area contributed by atoms with Gasteiger partial charge in [0.2, 0.25) is 0 Å². The molecule has 0 bridgehead atoms. The Kier molecular flexibility index (Phi) is 4.83. The van der Waals surface area contributed by atoms with Crippen molar-refractivity contribution in [3.63, 3.8) is 0 Å². The third-order valence-corrected chi connectivity index (χ3v) is 4.19. The van der Waals surface area contributed by atoms with Gasteiger partial charge in [-0.15, -0.1) is 0 Å². The van der Waals surface area contributed by atoms with E-state index >= 15 is 0 Å². The van der Waals surface area contributed by atoms with E-state index in [-0.39, 0.29) is 5.56 Å². The van der Waals surface area contributed by atoms with E-state index in [1.807, 2.05) is 48.3 Å². The average molecular weight is 344 g/mol. The Morgan fingerprint density at radius 3 is 2.75 bits per heavy atom. The van der Waals surface area contributed by atoms with E-state index in [9.17, 15) is 4.79 Å². The Labute approximate surface area is 144 Å². The van der Waals surface area contributed by atoms with E-state index in [2.05, 4.69) is 9.97 Å². The number of hydrogen-bond acceptors (Lipinski definition) is 4. The van der Waals surface area contributed by atoms with Crippen LogP contribution in [0.15, 0.2) is 47.4 Å². The van der Waals surface area contributed by atoms with Crippen molar-refractivity contribution in [2.24, 2.45) is 0 Å². The van der Waals surface area contributed by atoms with Gasteiger partial charge in [-0.2, -0.15) is 0 Å². The van der Waals surface area contributed by atoms with E-state index in [1.165, 1.54) is 0 Å². The van der Waals surface area contributed by atoms with Gasteiger partial charge in [-0.3, -0.25) is 9.69 Å². The zero-order chi connectivity index (χ0) is 17.1. The minimum atomic E-state index is -0.0863. The molecule has 6 heteroatoms. The summed E-state index contributed by atoms with van der Waals surface area (Å²) in [5.41, 5.74) is 2.33. The van der Waals surface area contributed by atoms with Crippen LogP contribution in [0.3, 0.4) is 0 Å². The number of methoxy groups -OCH3 is 1. The number of halogens is 1. The molecule has 1 aromatic carbocycles. The lowest BCUT2D eigenvalue weighted by Crippen LogP contribution is -2.23. The second kappa shape index (κ2) is 7.03. The third kappa shape index (κ3) is 3.58. The van der Waals surface area contributed by atoms with Crippen LogP contribution >= 0.6 is 11.6 Å². The number of nitrogens with one attached hydrogen (secondary N) is 1. The summed E-state index contributed by atoms with van der Waals surface area (Å²) in [5, 5.41) is 1.43. The van der Waals surface area contributed by atoms with Crippen LogP contribution in [0.2, 0.25) is 5.15 Å². The molecule has 2 heterocycles. The molecule has 0 aliphatic heterocycles. The highest BCUT2D eigenvalue weighted by molar-refractivity contribution is 6.30. The van der Waals surface area contributed by atoms with Gasteiger partial charge in [0.05, 0.1) is 7.11 Å². The summed E-state index contributed by atoms with van der Waals surface area (Å²) in [7, 11) is 3.57. The number of fused-ring (bicyclic) bond motifs is 1. The molecule has 0 spiro atoms. The molecule has 3 rings (SSSR count). The zero-order valence-corrected chi connectivity index (χ0v) is 14.3. The quantitative estimate of drug-likeness (QED) is 0.723. The van der Waals surface area contributed by atoms with Gasteiger partial charge in [-0.05, 0) is 37.4 Å². The Hall–Kier alpha value is -2.37. The summed E-state index contributed by atoms with van der Waals surface area (Å²) >= 11 is 6.09. The minimum absolute atomic E-state index is 0.0863. The van der Waals surface area contributed by atoms with Crippen molar-refractivity contribution in [2.45, 2.75) is 13.1 Å². The number of nitrogens with zero attached hydrogens (tertiary/aromatic N) is 2. The predicted molar refractivity (Wildman–Crippen MR) is 95.5 cm³/mol. The Bertz CT molecular complexity index is 924. The molecule has 124 valence electrons. The maximum atomic E-state index is 12.3. The smallest absolute Gasteiger partial charge is 0.252 e. The maximum Gasteiger partial charge on any atom is 0.252 e. The van der Waals surface area contributed by atoms with Crippen molar-refractivity contribution in [1.82, 2.24) is 14.9 Å². The Morgan fingerprint density at radius 2 is 2.00 bits per heavy atom. The first-order valence-corrected chi connectivity index (χ1v) is 7.92. The minimum Gasteiger partial charge on any atom is -0.497 e. The fourth-order valence-corrected chi connectivity index (χ4v) is 2.83. The monoisotopic (exact) mass is 343 g/mol. The number of aromatic nitrogens is 2. The van der Waals surface area contributed by atoms with Crippen molar-refractivity contribution in [2.75, 3.05) is 14.2 Å². The number of hydrogen-bond donors (Lipinski definition) is 1. The third-order valence-electron chi connectivity index (χ3n) is 3.85. The highest BCUT2D eigenvalue weighted by Crippen LogP contribution is 2.20. The highest BCUT2D eigenvalue weighted by Gasteiger charge is 2.09. The Balaban J connectivity index is 1.84. The molecule has 0 unspecified atom stereocenters. The van der Waals surface area contributed by atoms with Crippen LogP contribution in [0.4, 0.5) is 0 Å². The van der Waals surface area contributed by atoms with Crippen LogP contribution in [0, 0.1) is 0 Å². The van der Waals surface area contributed by atoms with Gasteiger partial charge in [0, 0.05) is 41.3 Å². The fraction of sp³-hybridized carbons (Fsp3) is 0.222. The van der Waals surface area contributed by atoms with Crippen LogP contribution in [0.1, 0.15) is 11.1 Å². The molecule has 0 saturated heterocycles. The van der Waals surface area contributed by atoms with Crippen LogP contribution in [-0.4, -0.2) is 29.0 Å². The first-order chi connectivity index (χ1) is 11.6. The fourth-order valence-electron chi connectivity index (χ4n) is 2.65. The second-order valence-corrected chi connectivity index (χ2v) is 6.06. The van der Waals surface area contributed by atoms with E-state index in [1.54, 1.807) is 13.3 Å². The highest BCUT2D eigenvalue weighted by atomic mass is 35.5. The first kappa shape index (κ1) is 16.5. The summed E-state index contributed by atoms with van der Waals surface area (Å²) in [5.74, 6) is 0.760.